The van der Waals surface area contributed by atoms with Crippen molar-refractivity contribution in [3.8, 4) is 22.2 Å². The Morgan fingerprint density at radius 3 is 2.20 bits per heavy atom. The maximum absolute atomic E-state index is 12.8. The number of ether oxygens (including phenoxy) is 1. The number of aliphatic hydroxyl groups excluding tert-OH is 1. The first-order valence-corrected chi connectivity index (χ1v) is 14.6. The number of benzene rings is 3. The molecule has 0 saturated heterocycles. The number of carbonyl (C=O) groups is 1. The van der Waals surface area contributed by atoms with Crippen LogP contribution >= 0.6 is 11.3 Å². The van der Waals surface area contributed by atoms with E-state index < -0.39 is 33.5 Å². The van der Waals surface area contributed by atoms with E-state index in [1.165, 1.54) is 35.6 Å². The molecule has 4 aromatic rings. The average molecular weight is 591 g/mol. The van der Waals surface area contributed by atoms with Gasteiger partial charge in [-0.1, -0.05) is 42.5 Å². The largest absolute Gasteiger partial charge is 0.431 e. The maximum Gasteiger partial charge on any atom is 0.416 e. The zero-order valence-corrected chi connectivity index (χ0v) is 23.0. The molecule has 2 N–H and O–H groups in total. The molecule has 7 nitrogen and oxygen atoms in total. The van der Waals surface area contributed by atoms with E-state index in [2.05, 4.69) is 10.3 Å². The number of aromatic nitrogens is 1. The van der Waals surface area contributed by atoms with Crippen molar-refractivity contribution in [3.63, 3.8) is 0 Å². The normalized spacial score (nSPS) is 12.7. The molecule has 210 valence electrons. The van der Waals surface area contributed by atoms with Crippen molar-refractivity contribution >= 4 is 27.1 Å². The third-order valence-corrected chi connectivity index (χ3v) is 8.69. The van der Waals surface area contributed by atoms with E-state index in [9.17, 15) is 31.5 Å². The minimum atomic E-state index is -4.43. The Kier molecular flexibility index (Phi) is 8.62. The molecule has 1 aromatic heterocycles. The highest BCUT2D eigenvalue weighted by Gasteiger charge is 2.30. The minimum absolute atomic E-state index is 0.0313. The molecule has 0 aliphatic rings. The Morgan fingerprint density at radius 1 is 1.02 bits per heavy atom. The number of aryl methyl sites for hydroxylation is 1. The number of hydrogen-bond acceptors (Lipinski definition) is 7. The van der Waals surface area contributed by atoms with Gasteiger partial charge in [0.2, 0.25) is 0 Å². The second-order valence-electron chi connectivity index (χ2n) is 8.77. The smallest absolute Gasteiger partial charge is 0.416 e. The molecule has 4 rings (SSSR count). The Labute approximate surface area is 233 Å². The first kappa shape index (κ1) is 29.2. The molecule has 3 aromatic carbocycles. The number of aliphatic hydroxyl groups is 1. The lowest BCUT2D eigenvalue weighted by molar-refractivity contribution is -0.137. The minimum Gasteiger partial charge on any atom is -0.431 e. The molecule has 12 heteroatoms. The molecule has 0 radical (unpaired) electrons. The molecule has 0 saturated carbocycles. The standard InChI is InChI=1S/C28H25F3N2O5S2/c1-3-40(36,37)23-14-8-18(9-15-23)24(16-34)32-26(35)20-6-4-19(5-7-20)25-17(2)39-27(33-25)38-22-12-10-21(11-13-22)28(29,30)31/h4-15,24,34H,3,16H2,1-2H3,(H,32,35)/t24-/m0/s1. The quantitative estimate of drug-likeness (QED) is 0.241. The van der Waals surface area contributed by atoms with E-state index in [1.807, 2.05) is 6.92 Å². The van der Waals surface area contributed by atoms with Crippen LogP contribution in [0, 0.1) is 6.92 Å². The van der Waals surface area contributed by atoms with E-state index in [0.717, 1.165) is 17.0 Å². The second-order valence-corrected chi connectivity index (χ2v) is 12.2. The summed E-state index contributed by atoms with van der Waals surface area (Å²) in [6.07, 6.45) is -4.43. The van der Waals surface area contributed by atoms with Crippen LogP contribution in [0.2, 0.25) is 0 Å². The summed E-state index contributed by atoms with van der Waals surface area (Å²) in [6.45, 7) is 3.00. The summed E-state index contributed by atoms with van der Waals surface area (Å²) in [7, 11) is -3.36. The van der Waals surface area contributed by atoms with Crippen molar-refractivity contribution in [2.75, 3.05) is 12.4 Å². The monoisotopic (exact) mass is 590 g/mol. The van der Waals surface area contributed by atoms with Gasteiger partial charge in [0.1, 0.15) is 5.75 Å². The fourth-order valence-corrected chi connectivity index (χ4v) is 5.51. The first-order valence-electron chi connectivity index (χ1n) is 12.1. The molecule has 0 aliphatic carbocycles. The van der Waals surface area contributed by atoms with Crippen molar-refractivity contribution in [2.45, 2.75) is 31.0 Å². The van der Waals surface area contributed by atoms with Crippen molar-refractivity contribution < 1.29 is 36.2 Å². The van der Waals surface area contributed by atoms with Gasteiger partial charge in [0.05, 0.1) is 34.6 Å². The van der Waals surface area contributed by atoms with E-state index in [1.54, 1.807) is 43.3 Å². The molecule has 0 bridgehead atoms. The summed E-state index contributed by atoms with van der Waals surface area (Å²) < 4.78 is 68.0. The van der Waals surface area contributed by atoms with Gasteiger partial charge in [0.25, 0.3) is 11.1 Å². The summed E-state index contributed by atoms with van der Waals surface area (Å²) >= 11 is 1.24. The number of nitrogens with zero attached hydrogens (tertiary/aromatic N) is 1. The number of amides is 1. The Bertz CT molecular complexity index is 1580. The number of alkyl halides is 3. The van der Waals surface area contributed by atoms with Crippen LogP contribution in [0.3, 0.4) is 0 Å². The summed E-state index contributed by atoms with van der Waals surface area (Å²) in [5.74, 6) is -0.242. The molecular weight excluding hydrogens is 565 g/mol. The highest BCUT2D eigenvalue weighted by molar-refractivity contribution is 7.91. The van der Waals surface area contributed by atoms with Gasteiger partial charge in [0.15, 0.2) is 9.84 Å². The van der Waals surface area contributed by atoms with Gasteiger partial charge >= 0.3 is 6.18 Å². The predicted octanol–water partition coefficient (Wildman–Crippen LogP) is 6.19. The van der Waals surface area contributed by atoms with Crippen LogP contribution in [-0.4, -0.2) is 36.8 Å². The molecule has 0 unspecified atom stereocenters. The van der Waals surface area contributed by atoms with E-state index in [0.29, 0.717) is 22.4 Å². The second kappa shape index (κ2) is 11.8. The summed E-state index contributed by atoms with van der Waals surface area (Å²) in [5.41, 5.74) is 1.43. The lowest BCUT2D eigenvalue weighted by Crippen LogP contribution is -2.30. The maximum atomic E-state index is 12.8. The average Bonchev–Trinajstić information content (AvgIpc) is 3.31. The zero-order chi connectivity index (χ0) is 29.1. The first-order chi connectivity index (χ1) is 18.9. The summed E-state index contributed by atoms with van der Waals surface area (Å²) in [5, 5.41) is 12.8. The highest BCUT2D eigenvalue weighted by Crippen LogP contribution is 2.36. The summed E-state index contributed by atoms with van der Waals surface area (Å²) in [4.78, 5) is 18.3. The number of carbonyl (C=O) groups excluding carboxylic acids is 1. The number of hydrogen-bond donors (Lipinski definition) is 2. The molecule has 1 atom stereocenters. The fourth-order valence-electron chi connectivity index (χ4n) is 3.83. The highest BCUT2D eigenvalue weighted by atomic mass is 32.2. The fraction of sp³-hybridized carbons (Fsp3) is 0.214. The van der Waals surface area contributed by atoms with E-state index in [4.69, 9.17) is 4.74 Å². The lowest BCUT2D eigenvalue weighted by atomic mass is 10.1. The third-order valence-electron chi connectivity index (χ3n) is 6.09. The number of thiazole rings is 1. The van der Waals surface area contributed by atoms with Gasteiger partial charge in [-0.15, -0.1) is 0 Å². The SMILES string of the molecule is CCS(=O)(=O)c1ccc([C@H](CO)NC(=O)c2ccc(-c3nc(Oc4ccc(C(F)(F)F)cc4)sc3C)cc2)cc1. The molecular formula is C28H25F3N2O5S2. The molecule has 40 heavy (non-hydrogen) atoms. The van der Waals surface area contributed by atoms with Crippen molar-refractivity contribution in [1.29, 1.82) is 0 Å². The Morgan fingerprint density at radius 2 is 1.65 bits per heavy atom. The van der Waals surface area contributed by atoms with E-state index in [-0.39, 0.29) is 28.2 Å². The van der Waals surface area contributed by atoms with Crippen LogP contribution in [0.25, 0.3) is 11.3 Å². The van der Waals surface area contributed by atoms with Gasteiger partial charge in [-0.3, -0.25) is 4.79 Å². The zero-order valence-electron chi connectivity index (χ0n) is 21.4. The van der Waals surface area contributed by atoms with Gasteiger partial charge in [-0.25, -0.2) is 13.4 Å². The van der Waals surface area contributed by atoms with Crippen LogP contribution in [0.5, 0.6) is 10.9 Å². The van der Waals surface area contributed by atoms with Crippen LogP contribution < -0.4 is 10.1 Å². The van der Waals surface area contributed by atoms with Crippen LogP contribution in [0.1, 0.15) is 39.3 Å². The van der Waals surface area contributed by atoms with Crippen molar-refractivity contribution in [3.05, 3.63) is 94.4 Å². The van der Waals surface area contributed by atoms with Gasteiger partial charge in [-0.05, 0) is 61.0 Å². The van der Waals surface area contributed by atoms with Crippen LogP contribution in [-0.2, 0) is 16.0 Å². The number of halogens is 3. The molecule has 1 amide bonds. The van der Waals surface area contributed by atoms with Crippen LogP contribution in [0.15, 0.2) is 77.7 Å². The predicted molar refractivity (Wildman–Crippen MR) is 145 cm³/mol. The molecule has 1 heterocycles. The number of nitrogens with one attached hydrogen (secondary N) is 1. The van der Waals surface area contributed by atoms with Crippen molar-refractivity contribution in [2.24, 2.45) is 0 Å². The Hall–Kier alpha value is -3.74. The summed E-state index contributed by atoms with van der Waals surface area (Å²) in [6, 6.07) is 16.2. The van der Waals surface area contributed by atoms with Gasteiger partial charge in [-0.2, -0.15) is 13.2 Å². The van der Waals surface area contributed by atoms with Crippen molar-refractivity contribution in [1.82, 2.24) is 10.3 Å². The topological polar surface area (TPSA) is 106 Å². The van der Waals surface area contributed by atoms with E-state index >= 15 is 0 Å². The molecule has 0 spiro atoms. The third kappa shape index (κ3) is 6.69. The van der Waals surface area contributed by atoms with Gasteiger partial charge in [0, 0.05) is 16.0 Å². The Balaban J connectivity index is 1.44. The number of rotatable bonds is 9. The molecule has 0 fully saturated rings. The number of sulfone groups is 1. The van der Waals surface area contributed by atoms with Gasteiger partial charge < -0.3 is 15.2 Å². The van der Waals surface area contributed by atoms with Crippen LogP contribution in [0.4, 0.5) is 13.2 Å². The molecule has 0 aliphatic heterocycles. The lowest BCUT2D eigenvalue weighted by Gasteiger charge is -2.17.